The average Bonchev–Trinajstić information content (AvgIpc) is 0.717. The van der Waals surface area contributed by atoms with Gasteiger partial charge in [-0.15, -0.1) is 0 Å². The van der Waals surface area contributed by atoms with Crippen molar-refractivity contribution in [1.29, 1.82) is 5.26 Å². The molecule has 0 unspecified atom stereocenters. The van der Waals surface area contributed by atoms with E-state index in [0.29, 0.717) is 27.8 Å². The highest BCUT2D eigenvalue weighted by atomic mass is 32.2. The first-order valence-electron chi connectivity index (χ1n) is 33.9. The molecule has 2 aliphatic heterocycles. The topological polar surface area (TPSA) is 35.2 Å². The molecule has 0 spiro atoms. The number of para-hydroxylation sites is 5. The second kappa shape index (κ2) is 22.3. The van der Waals surface area contributed by atoms with Gasteiger partial charge in [-0.25, -0.2) is 0 Å². The minimum atomic E-state index is -2.46. The van der Waals surface area contributed by atoms with E-state index in [4.69, 9.17) is 8.22 Å². The van der Waals surface area contributed by atoms with Crippen LogP contribution in [-0.4, -0.2) is 11.3 Å². The maximum Gasteiger partial charge on any atom is 0.249 e. The number of benzene rings is 13. The lowest BCUT2D eigenvalue weighted by molar-refractivity contribution is 0.590. The summed E-state index contributed by atoms with van der Waals surface area (Å²) < 4.78 is 55.3. The molecule has 432 valence electrons. The van der Waals surface area contributed by atoms with Crippen LogP contribution in [0.2, 0.25) is 0 Å². The Kier molecular flexibility index (Phi) is 12.0. The summed E-state index contributed by atoms with van der Waals surface area (Å²) in [5.41, 5.74) is 21.7. The van der Waals surface area contributed by atoms with Crippen molar-refractivity contribution in [2.45, 2.75) is 49.7 Å². The van der Waals surface area contributed by atoms with Crippen LogP contribution in [0, 0.1) is 25.0 Å². The van der Waals surface area contributed by atoms with E-state index in [-0.39, 0.29) is 17.8 Å². The molecule has 4 nitrogen and oxygen atoms in total. The van der Waals surface area contributed by atoms with Crippen LogP contribution in [0.1, 0.15) is 51.2 Å². The zero-order chi connectivity index (χ0) is 66.5. The Hall–Kier alpha value is -10.8. The van der Waals surface area contributed by atoms with Gasteiger partial charge in [0.25, 0.3) is 0 Å². The molecule has 0 bridgehead atoms. The number of rotatable bonds is 10. The normalized spacial score (nSPS) is 13.6. The van der Waals surface area contributed by atoms with Crippen molar-refractivity contribution in [3.8, 4) is 67.4 Å². The van der Waals surface area contributed by atoms with Gasteiger partial charge in [0.2, 0.25) is 6.71 Å². The molecule has 0 N–H and O–H groups in total. The molecule has 0 radical (unpaired) electrons. The van der Waals surface area contributed by atoms with Gasteiger partial charge in [-0.05, 0) is 194 Å². The van der Waals surface area contributed by atoms with E-state index in [0.717, 1.165) is 127 Å². The molecular formula is C85H63BN4S. The predicted octanol–water partition coefficient (Wildman–Crippen LogP) is 21.1. The summed E-state index contributed by atoms with van der Waals surface area (Å²) in [6, 6.07) is 103. The fourth-order valence-electron chi connectivity index (χ4n) is 14.3. The van der Waals surface area contributed by atoms with Crippen LogP contribution < -0.4 is 26.2 Å². The SMILES string of the molecule is [2H]C([2H])([2H])c1ccccc1-c1cc(-c2cc3c4c(c2)N(c2ccccc2-c2ccccc2)c2cc(-c5c(-n6c7ccccc7c7ccccc76)ccc(C#N)c5C(C)(C)C)ccc2B4c2ccc(N(c4ccccc4)c4ccccc4)cc2S3)cc(-c2ccccc2C([2H])([2H])[2H])c1. The van der Waals surface area contributed by atoms with Crippen LogP contribution >= 0.6 is 11.8 Å². The molecule has 3 heterocycles. The molecule has 13 aromatic carbocycles. The summed E-state index contributed by atoms with van der Waals surface area (Å²) in [6.45, 7) is 1.40. The number of nitrogens with zero attached hydrogens (tertiary/aromatic N) is 4. The lowest BCUT2D eigenvalue weighted by Crippen LogP contribution is -2.59. The Morgan fingerprint density at radius 2 is 0.956 bits per heavy atom. The highest BCUT2D eigenvalue weighted by molar-refractivity contribution is 8.00. The fourth-order valence-corrected chi connectivity index (χ4v) is 15.5. The highest BCUT2D eigenvalue weighted by Gasteiger charge is 2.43. The molecule has 91 heavy (non-hydrogen) atoms. The van der Waals surface area contributed by atoms with E-state index in [1.807, 2.05) is 54.6 Å². The second-order valence-electron chi connectivity index (χ2n) is 24.7. The molecule has 0 amide bonds. The van der Waals surface area contributed by atoms with Crippen molar-refractivity contribution < 1.29 is 8.22 Å². The Bertz CT molecular complexity index is 5330. The average molecular weight is 1190 g/mol. The number of anilines is 6. The summed E-state index contributed by atoms with van der Waals surface area (Å²) in [4.78, 5) is 6.88. The van der Waals surface area contributed by atoms with Gasteiger partial charge in [-0.3, -0.25) is 0 Å². The third kappa shape index (κ3) is 9.47. The molecule has 0 fully saturated rings. The molecule has 2 aliphatic rings. The predicted molar refractivity (Wildman–Crippen MR) is 385 cm³/mol. The van der Waals surface area contributed by atoms with Crippen LogP contribution in [0.4, 0.5) is 34.1 Å². The van der Waals surface area contributed by atoms with Crippen molar-refractivity contribution in [2.24, 2.45) is 0 Å². The first-order chi connectivity index (χ1) is 47.0. The summed E-state index contributed by atoms with van der Waals surface area (Å²) >= 11 is 1.74. The first kappa shape index (κ1) is 49.1. The van der Waals surface area contributed by atoms with Crippen LogP contribution in [0.3, 0.4) is 0 Å². The van der Waals surface area contributed by atoms with E-state index in [1.165, 1.54) is 0 Å². The fraction of sp³-hybridized carbons (Fsp3) is 0.0706. The minimum absolute atomic E-state index is 0.195. The summed E-state index contributed by atoms with van der Waals surface area (Å²) in [6.07, 6.45) is 0. The molecule has 14 aromatic rings. The van der Waals surface area contributed by atoms with Crippen molar-refractivity contribution >= 4 is 90.8 Å². The van der Waals surface area contributed by atoms with Gasteiger partial charge in [0.15, 0.2) is 0 Å². The Labute approximate surface area is 546 Å². The van der Waals surface area contributed by atoms with Crippen LogP contribution in [-0.2, 0) is 5.41 Å². The van der Waals surface area contributed by atoms with Gasteiger partial charge in [-0.1, -0.05) is 226 Å². The van der Waals surface area contributed by atoms with Gasteiger partial charge >= 0.3 is 0 Å². The van der Waals surface area contributed by atoms with Gasteiger partial charge in [0, 0.05) is 68.4 Å². The van der Waals surface area contributed by atoms with Crippen molar-refractivity contribution in [3.05, 3.63) is 313 Å². The minimum Gasteiger partial charge on any atom is -0.311 e. The lowest BCUT2D eigenvalue weighted by Gasteiger charge is -2.42. The standard InChI is InChI=1S/C85H63BN4S/c1-55-25-15-17-33-67(55)62-47-60(48-63(49-62)68-34-18-16-26-56(68)2)61-51-79-84-81(52-61)91-80-53-66(88(64-29-11-7-12-30-64)65-31-13-8-14-32-65)43-45-73(80)86(84)72-44-41-58(50-78(72)90(79)74-38-22-19-35-69(74)57-27-9-6-10-28-57)82-77(46-42-59(54-87)83(82)85(3,4)5)89-75-39-23-20-36-70(75)71-37-21-24-40-76(71)89/h6-53H,1-5H3/i1D3,2D3. The lowest BCUT2D eigenvalue weighted by atomic mass is 9.34. The van der Waals surface area contributed by atoms with E-state index in [9.17, 15) is 5.26 Å². The number of nitriles is 1. The summed E-state index contributed by atoms with van der Waals surface area (Å²) in [5.74, 6) is 0. The molecule has 0 aliphatic carbocycles. The molecule has 0 saturated heterocycles. The van der Waals surface area contributed by atoms with Gasteiger partial charge in [0.1, 0.15) is 0 Å². The number of hydrogen-bond donors (Lipinski definition) is 0. The maximum absolute atomic E-state index is 11.3. The zero-order valence-electron chi connectivity index (χ0n) is 56.5. The highest BCUT2D eigenvalue weighted by Crippen LogP contribution is 2.51. The van der Waals surface area contributed by atoms with Crippen molar-refractivity contribution in [3.63, 3.8) is 0 Å². The monoisotopic (exact) mass is 1190 g/mol. The van der Waals surface area contributed by atoms with Crippen LogP contribution in [0.15, 0.2) is 301 Å². The third-order valence-electron chi connectivity index (χ3n) is 18.2. The van der Waals surface area contributed by atoms with Crippen molar-refractivity contribution in [2.75, 3.05) is 9.80 Å². The number of aromatic nitrogens is 1. The molecular weight excluding hydrogens is 1120 g/mol. The third-order valence-corrected chi connectivity index (χ3v) is 19.3. The zero-order valence-corrected chi connectivity index (χ0v) is 51.3. The molecule has 0 atom stereocenters. The molecule has 6 heteroatoms. The van der Waals surface area contributed by atoms with E-state index < -0.39 is 19.1 Å². The molecule has 16 rings (SSSR count). The van der Waals surface area contributed by atoms with Crippen molar-refractivity contribution in [1.82, 2.24) is 4.57 Å². The van der Waals surface area contributed by atoms with Gasteiger partial charge < -0.3 is 14.4 Å². The number of hydrogen-bond acceptors (Lipinski definition) is 4. The van der Waals surface area contributed by atoms with E-state index in [1.54, 1.807) is 36.0 Å². The summed E-state index contributed by atoms with van der Waals surface area (Å²) in [5, 5.41) is 13.6. The van der Waals surface area contributed by atoms with Crippen LogP contribution in [0.5, 0.6) is 0 Å². The quantitative estimate of drug-likeness (QED) is 0.128. The first-order valence-corrected chi connectivity index (χ1v) is 31.7. The van der Waals surface area contributed by atoms with E-state index >= 15 is 0 Å². The largest absolute Gasteiger partial charge is 0.311 e. The van der Waals surface area contributed by atoms with Gasteiger partial charge in [0.05, 0.1) is 34.0 Å². The Morgan fingerprint density at radius 3 is 1.58 bits per heavy atom. The molecule has 0 saturated carbocycles. The second-order valence-corrected chi connectivity index (χ2v) is 25.8. The molecule has 1 aromatic heterocycles. The van der Waals surface area contributed by atoms with Crippen LogP contribution in [0.25, 0.3) is 83.1 Å². The Balaban J connectivity index is 1.02. The maximum atomic E-state index is 11.3. The number of fused-ring (bicyclic) bond motifs is 7. The van der Waals surface area contributed by atoms with E-state index in [2.05, 4.69) is 254 Å². The van der Waals surface area contributed by atoms with Gasteiger partial charge in [-0.2, -0.15) is 5.26 Å². The smallest absolute Gasteiger partial charge is 0.249 e. The number of aryl methyl sites for hydroxylation is 2. The Morgan fingerprint density at radius 1 is 0.418 bits per heavy atom. The summed E-state index contributed by atoms with van der Waals surface area (Å²) in [7, 11) is 0.